The van der Waals surface area contributed by atoms with E-state index in [0.717, 1.165) is 0 Å². The van der Waals surface area contributed by atoms with Crippen LogP contribution in [-0.4, -0.2) is 26.0 Å². The van der Waals surface area contributed by atoms with Crippen LogP contribution in [0.25, 0.3) is 0 Å². The monoisotopic (exact) mass is 281 g/mol. The second kappa shape index (κ2) is 5.79. The third kappa shape index (κ3) is 3.28. The maximum Gasteiger partial charge on any atom is 0.287 e. The van der Waals surface area contributed by atoms with Crippen molar-refractivity contribution in [1.82, 2.24) is 20.4 Å². The van der Waals surface area contributed by atoms with E-state index in [1.165, 1.54) is 10.9 Å². The zero-order chi connectivity index (χ0) is 13.8. The Morgan fingerprint density at radius 1 is 1.58 bits per heavy atom. The Morgan fingerprint density at radius 2 is 2.37 bits per heavy atom. The van der Waals surface area contributed by atoms with Gasteiger partial charge in [-0.25, -0.2) is 10.5 Å². The summed E-state index contributed by atoms with van der Waals surface area (Å²) in [6.45, 7) is 0.158. The van der Waals surface area contributed by atoms with E-state index in [0.29, 0.717) is 10.6 Å². The molecule has 19 heavy (non-hydrogen) atoms. The van der Waals surface area contributed by atoms with Crippen LogP contribution in [0.2, 0.25) is 5.02 Å². The van der Waals surface area contributed by atoms with Crippen molar-refractivity contribution in [3.05, 3.63) is 46.7 Å². The number of halogens is 1. The number of aromatic nitrogens is 3. The van der Waals surface area contributed by atoms with Gasteiger partial charge in [0.05, 0.1) is 18.8 Å². The molecule has 2 aromatic rings. The standard InChI is InChI=1S/C11H12ClN5O2/c12-8-3-1-2-7(4-8)10(18)6-17-5-9(15-16-17)11(19)14-13/h1-5,10,18H,6,13H2,(H,14,19)/t10-/m0/s1. The third-order valence-electron chi connectivity index (χ3n) is 2.50. The summed E-state index contributed by atoms with van der Waals surface area (Å²) in [7, 11) is 0. The Bertz CT molecular complexity index is 586. The Labute approximate surface area is 113 Å². The number of nitrogens with one attached hydrogen (secondary N) is 1. The van der Waals surface area contributed by atoms with E-state index in [9.17, 15) is 9.90 Å². The minimum atomic E-state index is -0.797. The molecule has 0 radical (unpaired) electrons. The first-order chi connectivity index (χ1) is 9.10. The molecular weight excluding hydrogens is 270 g/mol. The zero-order valence-electron chi connectivity index (χ0n) is 9.82. The fourth-order valence-corrected chi connectivity index (χ4v) is 1.76. The molecule has 1 atom stereocenters. The van der Waals surface area contributed by atoms with Gasteiger partial charge in [-0.05, 0) is 17.7 Å². The highest BCUT2D eigenvalue weighted by Crippen LogP contribution is 2.18. The molecule has 0 aliphatic heterocycles. The number of aliphatic hydroxyl groups is 1. The number of hydrazine groups is 1. The van der Waals surface area contributed by atoms with Gasteiger partial charge in [-0.15, -0.1) is 5.10 Å². The van der Waals surface area contributed by atoms with Crippen molar-refractivity contribution in [2.45, 2.75) is 12.6 Å². The summed E-state index contributed by atoms with van der Waals surface area (Å²) < 4.78 is 1.36. The summed E-state index contributed by atoms with van der Waals surface area (Å²) >= 11 is 5.84. The van der Waals surface area contributed by atoms with Crippen molar-refractivity contribution in [3.8, 4) is 0 Å². The van der Waals surface area contributed by atoms with Crippen molar-refractivity contribution in [2.24, 2.45) is 5.84 Å². The lowest BCUT2D eigenvalue weighted by Gasteiger charge is -2.10. The highest BCUT2D eigenvalue weighted by Gasteiger charge is 2.13. The second-order valence-electron chi connectivity index (χ2n) is 3.87. The minimum absolute atomic E-state index is 0.0841. The first-order valence-corrected chi connectivity index (χ1v) is 5.82. The Kier molecular flexibility index (Phi) is 4.10. The largest absolute Gasteiger partial charge is 0.386 e. The topological polar surface area (TPSA) is 106 Å². The number of benzene rings is 1. The van der Waals surface area contributed by atoms with Crippen LogP contribution in [0.1, 0.15) is 22.2 Å². The van der Waals surface area contributed by atoms with Gasteiger partial charge in [0.15, 0.2) is 5.69 Å². The van der Waals surface area contributed by atoms with Gasteiger partial charge < -0.3 is 5.11 Å². The Morgan fingerprint density at radius 3 is 3.05 bits per heavy atom. The SMILES string of the molecule is NNC(=O)c1cn(C[C@H](O)c2cccc(Cl)c2)nn1. The summed E-state index contributed by atoms with van der Waals surface area (Å²) in [5, 5.41) is 17.9. The molecule has 0 aliphatic carbocycles. The zero-order valence-corrected chi connectivity index (χ0v) is 10.6. The van der Waals surface area contributed by atoms with Crippen molar-refractivity contribution in [1.29, 1.82) is 0 Å². The molecule has 0 aliphatic rings. The molecule has 0 saturated carbocycles. The molecule has 8 heteroatoms. The molecular formula is C11H12ClN5O2. The van der Waals surface area contributed by atoms with Crippen LogP contribution in [0.3, 0.4) is 0 Å². The van der Waals surface area contributed by atoms with E-state index in [4.69, 9.17) is 17.4 Å². The minimum Gasteiger partial charge on any atom is -0.386 e. The van der Waals surface area contributed by atoms with Gasteiger partial charge in [0.2, 0.25) is 0 Å². The van der Waals surface area contributed by atoms with Crippen LogP contribution in [-0.2, 0) is 6.54 Å². The first kappa shape index (κ1) is 13.5. The van der Waals surface area contributed by atoms with Gasteiger partial charge in [-0.2, -0.15) is 0 Å². The predicted molar refractivity (Wildman–Crippen MR) is 68.1 cm³/mol. The maximum atomic E-state index is 11.2. The summed E-state index contributed by atoms with van der Waals surface area (Å²) in [5.41, 5.74) is 2.70. The van der Waals surface area contributed by atoms with Gasteiger partial charge in [0, 0.05) is 5.02 Å². The van der Waals surface area contributed by atoms with E-state index >= 15 is 0 Å². The van der Waals surface area contributed by atoms with Gasteiger partial charge in [0.25, 0.3) is 5.91 Å². The van der Waals surface area contributed by atoms with E-state index < -0.39 is 12.0 Å². The fourth-order valence-electron chi connectivity index (χ4n) is 1.56. The highest BCUT2D eigenvalue weighted by molar-refractivity contribution is 6.30. The number of carbonyl (C=O) groups is 1. The molecule has 0 spiro atoms. The molecule has 1 heterocycles. The van der Waals surface area contributed by atoms with Crippen molar-refractivity contribution >= 4 is 17.5 Å². The van der Waals surface area contributed by atoms with Crippen molar-refractivity contribution in [2.75, 3.05) is 0 Å². The quantitative estimate of drug-likeness (QED) is 0.424. The van der Waals surface area contributed by atoms with Gasteiger partial charge in [-0.1, -0.05) is 28.9 Å². The number of hydrogen-bond acceptors (Lipinski definition) is 5. The predicted octanol–water partition coefficient (Wildman–Crippen LogP) is 0.269. The summed E-state index contributed by atoms with van der Waals surface area (Å²) in [6, 6.07) is 6.88. The van der Waals surface area contributed by atoms with Crippen molar-refractivity contribution < 1.29 is 9.90 Å². The number of rotatable bonds is 4. The summed E-state index contributed by atoms with van der Waals surface area (Å²) in [4.78, 5) is 11.2. The van der Waals surface area contributed by atoms with Crippen LogP contribution < -0.4 is 11.3 Å². The van der Waals surface area contributed by atoms with E-state index in [-0.39, 0.29) is 12.2 Å². The molecule has 1 aromatic heterocycles. The lowest BCUT2D eigenvalue weighted by Crippen LogP contribution is -2.30. The Hall–Kier alpha value is -1.96. The van der Waals surface area contributed by atoms with E-state index in [1.54, 1.807) is 24.3 Å². The number of nitrogen functional groups attached to an aromatic ring is 1. The number of carbonyl (C=O) groups excluding carboxylic acids is 1. The number of aliphatic hydroxyl groups excluding tert-OH is 1. The van der Waals surface area contributed by atoms with E-state index in [1.807, 2.05) is 5.43 Å². The van der Waals surface area contributed by atoms with Gasteiger partial charge in [-0.3, -0.25) is 10.2 Å². The first-order valence-electron chi connectivity index (χ1n) is 5.44. The third-order valence-corrected chi connectivity index (χ3v) is 2.73. The second-order valence-corrected chi connectivity index (χ2v) is 4.31. The van der Waals surface area contributed by atoms with Crippen molar-refractivity contribution in [3.63, 3.8) is 0 Å². The average molecular weight is 282 g/mol. The lowest BCUT2D eigenvalue weighted by atomic mass is 10.1. The molecule has 0 saturated heterocycles. The summed E-state index contributed by atoms with van der Waals surface area (Å²) in [6.07, 6.45) is 0.602. The number of nitrogens with zero attached hydrogens (tertiary/aromatic N) is 3. The van der Waals surface area contributed by atoms with Crippen LogP contribution in [0.15, 0.2) is 30.5 Å². The van der Waals surface area contributed by atoms with Crippen LogP contribution in [0.4, 0.5) is 0 Å². The number of amides is 1. The molecule has 0 bridgehead atoms. The highest BCUT2D eigenvalue weighted by atomic mass is 35.5. The van der Waals surface area contributed by atoms with Crippen LogP contribution in [0.5, 0.6) is 0 Å². The molecule has 0 fully saturated rings. The smallest absolute Gasteiger partial charge is 0.287 e. The molecule has 0 unspecified atom stereocenters. The van der Waals surface area contributed by atoms with E-state index in [2.05, 4.69) is 10.3 Å². The lowest BCUT2D eigenvalue weighted by molar-refractivity contribution is 0.0948. The molecule has 2 rings (SSSR count). The van der Waals surface area contributed by atoms with Crippen LogP contribution in [0, 0.1) is 0 Å². The number of hydrogen-bond donors (Lipinski definition) is 3. The average Bonchev–Trinajstić information content (AvgIpc) is 2.86. The van der Waals surface area contributed by atoms with Crippen LogP contribution >= 0.6 is 11.6 Å². The molecule has 100 valence electrons. The fraction of sp³-hybridized carbons (Fsp3) is 0.182. The van der Waals surface area contributed by atoms with Gasteiger partial charge in [0.1, 0.15) is 0 Å². The Balaban J connectivity index is 2.08. The normalized spacial score (nSPS) is 12.2. The molecule has 1 aromatic carbocycles. The molecule has 4 N–H and O–H groups in total. The molecule has 1 amide bonds. The molecule has 7 nitrogen and oxygen atoms in total. The number of nitrogens with two attached hydrogens (primary N) is 1. The maximum absolute atomic E-state index is 11.2. The summed E-state index contributed by atoms with van der Waals surface area (Å²) in [5.74, 6) is 4.44. The van der Waals surface area contributed by atoms with Gasteiger partial charge >= 0.3 is 0 Å².